The Balaban J connectivity index is 1.70. The second kappa shape index (κ2) is 11.9. The smallest absolute Gasteiger partial charge is 0.264 e. The maximum atomic E-state index is 13.5. The number of aryl methyl sites for hydroxylation is 4. The molecule has 0 aliphatic carbocycles. The highest BCUT2D eigenvalue weighted by molar-refractivity contribution is 7.92. The van der Waals surface area contributed by atoms with Gasteiger partial charge >= 0.3 is 0 Å². The molecule has 0 spiro atoms. The van der Waals surface area contributed by atoms with E-state index in [9.17, 15) is 13.2 Å². The van der Waals surface area contributed by atoms with Crippen molar-refractivity contribution in [3.8, 4) is 11.5 Å². The van der Waals surface area contributed by atoms with E-state index in [1.807, 2.05) is 45.0 Å². The lowest BCUT2D eigenvalue weighted by molar-refractivity contribution is -0.119. The largest absolute Gasteiger partial charge is 0.493 e. The number of carbonyl (C=O) groups is 1. The summed E-state index contributed by atoms with van der Waals surface area (Å²) in [6.45, 7) is 5.88. The maximum Gasteiger partial charge on any atom is 0.264 e. The van der Waals surface area contributed by atoms with Crippen molar-refractivity contribution in [2.45, 2.75) is 38.5 Å². The average Bonchev–Trinajstić information content (AvgIpc) is 2.87. The Labute approximate surface area is 214 Å². The predicted octanol–water partition coefficient (Wildman–Crippen LogP) is 4.57. The van der Waals surface area contributed by atoms with Gasteiger partial charge in [-0.1, -0.05) is 29.8 Å². The molecule has 192 valence electrons. The van der Waals surface area contributed by atoms with Crippen LogP contribution < -0.4 is 19.1 Å². The van der Waals surface area contributed by atoms with Gasteiger partial charge in [0, 0.05) is 6.54 Å². The SMILES string of the molecule is COc1ccc(CCCNC(=O)CN(c2ccc(C)c(C)c2)S(=O)(=O)c2ccc(C)cc2)cc1OC. The van der Waals surface area contributed by atoms with Gasteiger partial charge in [-0.15, -0.1) is 0 Å². The van der Waals surface area contributed by atoms with Gasteiger partial charge < -0.3 is 14.8 Å². The van der Waals surface area contributed by atoms with Gasteiger partial charge in [-0.25, -0.2) is 8.42 Å². The number of sulfonamides is 1. The highest BCUT2D eigenvalue weighted by Crippen LogP contribution is 2.28. The van der Waals surface area contributed by atoms with E-state index in [1.165, 1.54) is 4.31 Å². The van der Waals surface area contributed by atoms with Crippen LogP contribution >= 0.6 is 0 Å². The molecule has 3 aromatic rings. The van der Waals surface area contributed by atoms with E-state index in [-0.39, 0.29) is 17.3 Å². The van der Waals surface area contributed by atoms with Crippen LogP contribution in [0.5, 0.6) is 11.5 Å². The summed E-state index contributed by atoms with van der Waals surface area (Å²) < 4.78 is 38.8. The van der Waals surface area contributed by atoms with Crippen molar-refractivity contribution in [1.82, 2.24) is 5.32 Å². The van der Waals surface area contributed by atoms with Gasteiger partial charge in [-0.2, -0.15) is 0 Å². The third-order valence-corrected chi connectivity index (χ3v) is 7.88. The molecular weight excluding hydrogens is 476 g/mol. The topological polar surface area (TPSA) is 84.9 Å². The molecule has 36 heavy (non-hydrogen) atoms. The van der Waals surface area contributed by atoms with Crippen LogP contribution in [0.2, 0.25) is 0 Å². The minimum absolute atomic E-state index is 0.146. The minimum Gasteiger partial charge on any atom is -0.493 e. The van der Waals surface area contributed by atoms with Gasteiger partial charge in [0.05, 0.1) is 24.8 Å². The fourth-order valence-electron chi connectivity index (χ4n) is 3.78. The van der Waals surface area contributed by atoms with Crippen LogP contribution in [0.4, 0.5) is 5.69 Å². The molecule has 0 aliphatic rings. The highest BCUT2D eigenvalue weighted by atomic mass is 32.2. The summed E-state index contributed by atoms with van der Waals surface area (Å²) in [5.74, 6) is 0.955. The Kier molecular flexibility index (Phi) is 8.98. The summed E-state index contributed by atoms with van der Waals surface area (Å²) in [5.41, 5.74) is 4.47. The lowest BCUT2D eigenvalue weighted by Gasteiger charge is -2.25. The van der Waals surface area contributed by atoms with Gasteiger partial charge in [0.15, 0.2) is 11.5 Å². The van der Waals surface area contributed by atoms with Crippen molar-refractivity contribution < 1.29 is 22.7 Å². The Morgan fingerprint density at radius 2 is 1.56 bits per heavy atom. The number of carbonyl (C=O) groups excluding carboxylic acids is 1. The lowest BCUT2D eigenvalue weighted by Crippen LogP contribution is -2.41. The van der Waals surface area contributed by atoms with Crippen LogP contribution in [-0.4, -0.2) is 41.6 Å². The van der Waals surface area contributed by atoms with Crippen LogP contribution in [-0.2, 0) is 21.2 Å². The van der Waals surface area contributed by atoms with Crippen molar-refractivity contribution in [2.75, 3.05) is 31.6 Å². The Morgan fingerprint density at radius 3 is 2.19 bits per heavy atom. The third-order valence-electron chi connectivity index (χ3n) is 6.09. The Bertz CT molecular complexity index is 1300. The number of benzene rings is 3. The van der Waals surface area contributed by atoms with Crippen molar-refractivity contribution in [3.63, 3.8) is 0 Å². The zero-order valence-corrected chi connectivity index (χ0v) is 22.3. The first-order valence-corrected chi connectivity index (χ1v) is 13.2. The average molecular weight is 511 g/mol. The van der Waals surface area contributed by atoms with E-state index < -0.39 is 10.0 Å². The molecule has 1 N–H and O–H groups in total. The number of ether oxygens (including phenoxy) is 2. The second-order valence-electron chi connectivity index (χ2n) is 8.74. The van der Waals surface area contributed by atoms with Crippen LogP contribution in [0.15, 0.2) is 65.6 Å². The lowest BCUT2D eigenvalue weighted by atomic mass is 10.1. The molecule has 0 radical (unpaired) electrons. The molecule has 0 atom stereocenters. The first-order chi connectivity index (χ1) is 17.1. The van der Waals surface area contributed by atoms with E-state index in [4.69, 9.17) is 9.47 Å². The standard InChI is InChI=1S/C28H34N2O5S/c1-20-8-13-25(14-9-20)36(32,33)30(24-12-10-21(2)22(3)17-24)19-28(31)29-16-6-7-23-11-15-26(34-4)27(18-23)35-5/h8-15,17-18H,6-7,16,19H2,1-5H3,(H,29,31). The quantitative estimate of drug-likeness (QED) is 0.382. The molecular formula is C28H34N2O5S. The predicted molar refractivity (Wildman–Crippen MR) is 143 cm³/mol. The number of anilines is 1. The summed E-state index contributed by atoms with van der Waals surface area (Å²) in [6, 6.07) is 17.8. The van der Waals surface area contributed by atoms with Crippen LogP contribution in [0.3, 0.4) is 0 Å². The molecule has 0 saturated heterocycles. The van der Waals surface area contributed by atoms with Gasteiger partial charge in [-0.05, 0) is 86.7 Å². The number of rotatable bonds is 11. The molecule has 0 aliphatic heterocycles. The second-order valence-corrected chi connectivity index (χ2v) is 10.6. The van der Waals surface area contributed by atoms with Gasteiger partial charge in [0.2, 0.25) is 5.91 Å². The zero-order valence-electron chi connectivity index (χ0n) is 21.5. The fourth-order valence-corrected chi connectivity index (χ4v) is 5.19. The molecule has 3 aromatic carbocycles. The monoisotopic (exact) mass is 510 g/mol. The van der Waals surface area contributed by atoms with Crippen molar-refractivity contribution >= 4 is 21.6 Å². The van der Waals surface area contributed by atoms with Crippen LogP contribution in [0.25, 0.3) is 0 Å². The van der Waals surface area contributed by atoms with E-state index >= 15 is 0 Å². The van der Waals surface area contributed by atoms with Crippen molar-refractivity contribution in [1.29, 1.82) is 0 Å². The Morgan fingerprint density at radius 1 is 0.861 bits per heavy atom. The first-order valence-electron chi connectivity index (χ1n) is 11.8. The molecule has 8 heteroatoms. The first kappa shape index (κ1) is 27.1. The molecule has 3 rings (SSSR count). The molecule has 0 unspecified atom stereocenters. The number of methoxy groups -OCH3 is 2. The molecule has 0 bridgehead atoms. The number of nitrogens with one attached hydrogen (secondary N) is 1. The van der Waals surface area contributed by atoms with Crippen LogP contribution in [0.1, 0.15) is 28.7 Å². The summed E-state index contributed by atoms with van der Waals surface area (Å²) in [5, 5.41) is 2.86. The van der Waals surface area contributed by atoms with Crippen molar-refractivity contribution in [2.24, 2.45) is 0 Å². The summed E-state index contributed by atoms with van der Waals surface area (Å²) in [4.78, 5) is 13.0. The highest BCUT2D eigenvalue weighted by Gasteiger charge is 2.27. The summed E-state index contributed by atoms with van der Waals surface area (Å²) in [6.07, 6.45) is 1.42. The molecule has 0 fully saturated rings. The third kappa shape index (κ3) is 6.57. The van der Waals surface area contributed by atoms with E-state index in [0.717, 1.165) is 28.7 Å². The molecule has 0 aromatic heterocycles. The van der Waals surface area contributed by atoms with Gasteiger partial charge in [0.25, 0.3) is 10.0 Å². The summed E-state index contributed by atoms with van der Waals surface area (Å²) in [7, 11) is -0.755. The molecule has 0 saturated carbocycles. The normalized spacial score (nSPS) is 11.1. The fraction of sp³-hybridized carbons (Fsp3) is 0.321. The number of nitrogens with zero attached hydrogens (tertiary/aromatic N) is 1. The number of hydrogen-bond acceptors (Lipinski definition) is 5. The Hall–Kier alpha value is -3.52. The van der Waals surface area contributed by atoms with Crippen LogP contribution in [0, 0.1) is 20.8 Å². The molecule has 7 nitrogen and oxygen atoms in total. The van der Waals surface area contributed by atoms with Gasteiger partial charge in [-0.3, -0.25) is 9.10 Å². The van der Waals surface area contributed by atoms with E-state index in [2.05, 4.69) is 5.32 Å². The number of amides is 1. The zero-order chi connectivity index (χ0) is 26.3. The maximum absolute atomic E-state index is 13.5. The minimum atomic E-state index is -3.94. The molecule has 0 heterocycles. The number of hydrogen-bond donors (Lipinski definition) is 1. The summed E-state index contributed by atoms with van der Waals surface area (Å²) >= 11 is 0. The van der Waals surface area contributed by atoms with E-state index in [1.54, 1.807) is 50.6 Å². The van der Waals surface area contributed by atoms with E-state index in [0.29, 0.717) is 30.2 Å². The molecule has 1 amide bonds. The van der Waals surface area contributed by atoms with Gasteiger partial charge in [0.1, 0.15) is 6.54 Å². The van der Waals surface area contributed by atoms with Crippen molar-refractivity contribution in [3.05, 3.63) is 82.9 Å².